The fourth-order valence-corrected chi connectivity index (χ4v) is 0.471. The third-order valence-corrected chi connectivity index (χ3v) is 0.942. The van der Waals surface area contributed by atoms with E-state index in [1.165, 1.54) is 0 Å². The molecule has 0 saturated carbocycles. The maximum Gasteiger partial charge on any atom is 0.141 e. The van der Waals surface area contributed by atoms with Gasteiger partial charge in [-0.15, -0.1) is 0 Å². The second-order valence-corrected chi connectivity index (χ2v) is 1.88. The Bertz CT molecular complexity index is 237. The Balaban J connectivity index is 3.28. The number of halogens is 2. The number of allylic oxidation sites excluding steroid dienone is 2. The van der Waals surface area contributed by atoms with Gasteiger partial charge < -0.3 is 0 Å². The van der Waals surface area contributed by atoms with Gasteiger partial charge in [-0.25, -0.2) is 0 Å². The van der Waals surface area contributed by atoms with Crippen LogP contribution in [0.2, 0.25) is 0 Å². The Morgan fingerprint density at radius 3 is 1.50 bits per heavy atom. The molecule has 0 nitrogen and oxygen atoms in total. The van der Waals surface area contributed by atoms with Crippen LogP contribution in [0.5, 0.6) is 0 Å². The molecule has 0 atom stereocenters. The van der Waals surface area contributed by atoms with Gasteiger partial charge in [0.15, 0.2) is 0 Å². The lowest BCUT2D eigenvalue weighted by Crippen LogP contribution is -1.65. The minimum Gasteiger partial charge on any atom is -0.0644 e. The second-order valence-electron chi connectivity index (χ2n) is 1.13. The van der Waals surface area contributed by atoms with Crippen LogP contribution in [0, 0.1) is 11.8 Å². The molecule has 0 aromatic carbocycles. The Morgan fingerprint density at radius 1 is 0.875 bits per heavy atom. The lowest BCUT2D eigenvalue weighted by Gasteiger charge is -1.78. The van der Waals surface area contributed by atoms with Gasteiger partial charge in [0.05, 0.1) is 0 Å². The molecule has 0 unspecified atom stereocenters. The molecule has 0 bridgehead atoms. The average Bonchev–Trinajstić information content (AvgIpc) is 1.77. The fourth-order valence-electron chi connectivity index (χ4n) is 0.282. The van der Waals surface area contributed by atoms with E-state index in [1.54, 1.807) is 0 Å². The van der Waals surface area contributed by atoms with Crippen LogP contribution in [0.4, 0.5) is 0 Å². The highest BCUT2D eigenvalue weighted by atomic mass is 35.5. The van der Waals surface area contributed by atoms with E-state index in [0.29, 0.717) is 10.1 Å². The van der Waals surface area contributed by atoms with Gasteiger partial charge in [0.25, 0.3) is 0 Å². The van der Waals surface area contributed by atoms with Crippen molar-refractivity contribution in [2.45, 2.75) is 0 Å². The molecular weight excluding hydrogens is 143 g/mol. The van der Waals surface area contributed by atoms with E-state index in [1.807, 2.05) is 0 Å². The lowest BCUT2D eigenvalue weighted by atomic mass is 10.4. The third kappa shape index (κ3) is 1.20. The molecule has 1 aliphatic carbocycles. The Kier molecular flexibility index (Phi) is 1.49. The van der Waals surface area contributed by atoms with Crippen LogP contribution in [-0.2, 0) is 0 Å². The largest absolute Gasteiger partial charge is 0.141 e. The summed E-state index contributed by atoms with van der Waals surface area (Å²) in [7, 11) is 0. The van der Waals surface area contributed by atoms with Gasteiger partial charge in [-0.1, -0.05) is 23.2 Å². The van der Waals surface area contributed by atoms with Crippen LogP contribution in [0.1, 0.15) is 0 Å². The van der Waals surface area contributed by atoms with Gasteiger partial charge in [0, 0.05) is 0 Å². The van der Waals surface area contributed by atoms with Crippen molar-refractivity contribution in [2.24, 2.45) is 0 Å². The van der Waals surface area contributed by atoms with E-state index in [4.69, 9.17) is 23.2 Å². The molecule has 0 aliphatic heterocycles. The maximum absolute atomic E-state index is 5.38. The highest BCUT2D eigenvalue weighted by molar-refractivity contribution is 6.34. The van der Waals surface area contributed by atoms with E-state index in [-0.39, 0.29) is 0 Å². The van der Waals surface area contributed by atoms with Crippen LogP contribution in [-0.4, -0.2) is 0 Å². The molecule has 0 radical (unpaired) electrons. The van der Waals surface area contributed by atoms with E-state index in [0.717, 1.165) is 0 Å². The van der Waals surface area contributed by atoms with Gasteiger partial charge in [-0.05, 0) is 23.3 Å². The summed E-state index contributed by atoms with van der Waals surface area (Å²) in [5.41, 5.74) is 5.04. The van der Waals surface area contributed by atoms with E-state index < -0.39 is 0 Å². The number of rotatable bonds is 0. The molecule has 0 heterocycles. The van der Waals surface area contributed by atoms with E-state index >= 15 is 0 Å². The summed E-state index contributed by atoms with van der Waals surface area (Å²) in [4.78, 5) is 0. The zero-order valence-corrected chi connectivity index (χ0v) is 5.27. The van der Waals surface area contributed by atoms with Gasteiger partial charge in [-0.2, -0.15) is 0 Å². The standard InChI is InChI=1S/C6Cl2/c7-5-1-2-6(8)4-3-5. The summed E-state index contributed by atoms with van der Waals surface area (Å²) in [5.74, 6) is 5.04. The topological polar surface area (TPSA) is 0 Å². The van der Waals surface area contributed by atoms with Gasteiger partial charge in [0.1, 0.15) is 10.1 Å². The number of hydrogen-bond acceptors (Lipinski definition) is 0. The van der Waals surface area contributed by atoms with Crippen molar-refractivity contribution in [2.75, 3.05) is 0 Å². The van der Waals surface area contributed by atoms with Crippen molar-refractivity contribution >= 4 is 23.2 Å². The zero-order valence-electron chi connectivity index (χ0n) is 3.76. The van der Waals surface area contributed by atoms with Crippen molar-refractivity contribution in [3.63, 3.8) is 0 Å². The Labute approximate surface area is 57.1 Å². The van der Waals surface area contributed by atoms with Gasteiger partial charge in [0.2, 0.25) is 0 Å². The highest BCUT2D eigenvalue weighted by Crippen LogP contribution is 2.03. The highest BCUT2D eigenvalue weighted by Gasteiger charge is 1.85. The van der Waals surface area contributed by atoms with Crippen molar-refractivity contribution in [1.82, 2.24) is 0 Å². The lowest BCUT2D eigenvalue weighted by molar-refractivity contribution is 1.95. The zero-order chi connectivity index (χ0) is 5.98. The summed E-state index contributed by atoms with van der Waals surface area (Å²) >= 11 is 10.8. The second kappa shape index (κ2) is 2.14. The van der Waals surface area contributed by atoms with E-state index in [9.17, 15) is 0 Å². The van der Waals surface area contributed by atoms with Crippen LogP contribution in [0.25, 0.3) is 0 Å². The first-order chi connectivity index (χ1) is 3.79. The monoisotopic (exact) mass is 142 g/mol. The minimum atomic E-state index is 0.356. The molecule has 1 rings (SSSR count). The molecule has 0 aromatic heterocycles. The Morgan fingerprint density at radius 2 is 1.25 bits per heavy atom. The quantitative estimate of drug-likeness (QED) is 0.359. The molecule has 0 amide bonds. The van der Waals surface area contributed by atoms with Crippen LogP contribution in [0.15, 0.2) is 21.5 Å². The fraction of sp³-hybridized carbons (Fsp3) is 0. The van der Waals surface area contributed by atoms with Crippen molar-refractivity contribution in [1.29, 1.82) is 0 Å². The first-order valence-electron chi connectivity index (χ1n) is 1.88. The smallest absolute Gasteiger partial charge is 0.0644 e. The van der Waals surface area contributed by atoms with Crippen molar-refractivity contribution in [3.05, 3.63) is 21.5 Å². The summed E-state index contributed by atoms with van der Waals surface area (Å²) < 4.78 is 0. The molecule has 0 N–H and O–H groups in total. The molecule has 0 aromatic rings. The molecular formula is C6Cl2. The predicted molar refractivity (Wildman–Crippen MR) is 33.5 cm³/mol. The van der Waals surface area contributed by atoms with E-state index in [2.05, 4.69) is 23.3 Å². The molecule has 0 saturated heterocycles. The van der Waals surface area contributed by atoms with Crippen LogP contribution in [0.3, 0.4) is 0 Å². The molecule has 8 heavy (non-hydrogen) atoms. The van der Waals surface area contributed by atoms with Crippen LogP contribution < -0.4 is 0 Å². The van der Waals surface area contributed by atoms with Gasteiger partial charge in [-0.3, -0.25) is 0 Å². The normalized spacial score (nSPS) is 13.8. The molecule has 2 heteroatoms. The van der Waals surface area contributed by atoms with Crippen molar-refractivity contribution < 1.29 is 0 Å². The first-order valence-corrected chi connectivity index (χ1v) is 2.63. The predicted octanol–water partition coefficient (Wildman–Crippen LogP) is 2.00. The van der Waals surface area contributed by atoms with Gasteiger partial charge >= 0.3 is 0 Å². The molecule has 38 valence electrons. The molecule has 0 fully saturated rings. The Hall–Kier alpha value is -0.560. The summed E-state index contributed by atoms with van der Waals surface area (Å²) in [6, 6.07) is 0. The number of hydrogen-bond donors (Lipinski definition) is 0. The van der Waals surface area contributed by atoms with Crippen molar-refractivity contribution in [3.8, 4) is 11.8 Å². The first kappa shape index (κ1) is 5.57. The minimum absolute atomic E-state index is 0.356. The SMILES string of the molecule is ClC1=C=C=C(Cl)C#C1. The average molecular weight is 143 g/mol. The third-order valence-electron chi connectivity index (χ3n) is 0.564. The van der Waals surface area contributed by atoms with Crippen LogP contribution >= 0.6 is 23.2 Å². The molecule has 0 spiro atoms. The summed E-state index contributed by atoms with van der Waals surface area (Å²) in [5, 5.41) is 0.712. The summed E-state index contributed by atoms with van der Waals surface area (Å²) in [6.45, 7) is 0. The summed E-state index contributed by atoms with van der Waals surface area (Å²) in [6.07, 6.45) is 0. The maximum atomic E-state index is 5.38. The molecule has 1 aliphatic rings.